The predicted octanol–water partition coefficient (Wildman–Crippen LogP) is 1.93. The maximum atomic E-state index is 13.0. The molecule has 8 nitrogen and oxygen atoms in total. The first-order chi connectivity index (χ1) is 14.5. The summed E-state index contributed by atoms with van der Waals surface area (Å²) >= 11 is 0. The highest BCUT2D eigenvalue weighted by atomic mass is 16.7. The third-order valence-electron chi connectivity index (χ3n) is 5.33. The van der Waals surface area contributed by atoms with Gasteiger partial charge in [-0.2, -0.15) is 0 Å². The molecule has 4 amide bonds. The molecule has 1 fully saturated rings. The van der Waals surface area contributed by atoms with Crippen molar-refractivity contribution in [3.05, 3.63) is 59.7 Å². The number of carbonyl (C=O) groups is 3. The van der Waals surface area contributed by atoms with Gasteiger partial charge >= 0.3 is 6.03 Å². The fourth-order valence-corrected chi connectivity index (χ4v) is 3.61. The lowest BCUT2D eigenvalue weighted by molar-refractivity contribution is -0.134. The van der Waals surface area contributed by atoms with E-state index in [1.807, 2.05) is 30.3 Å². The van der Waals surface area contributed by atoms with Crippen molar-refractivity contribution in [2.24, 2.45) is 0 Å². The number of carbonyl (C=O) groups excluding carboxylic acids is 3. The monoisotopic (exact) mass is 409 g/mol. The second kappa shape index (κ2) is 8.06. The molecular weight excluding hydrogens is 386 g/mol. The Morgan fingerprint density at radius 2 is 1.90 bits per heavy atom. The Morgan fingerprint density at radius 3 is 2.70 bits per heavy atom. The highest BCUT2D eigenvalue weighted by molar-refractivity contribution is 6.09. The summed E-state index contributed by atoms with van der Waals surface area (Å²) in [5, 5.41) is 5.47. The fraction of sp³-hybridized carbons (Fsp3) is 0.318. The van der Waals surface area contributed by atoms with E-state index in [0.717, 1.165) is 17.7 Å². The summed E-state index contributed by atoms with van der Waals surface area (Å²) in [6, 6.07) is 14.5. The van der Waals surface area contributed by atoms with E-state index >= 15 is 0 Å². The third kappa shape index (κ3) is 3.80. The van der Waals surface area contributed by atoms with Crippen molar-refractivity contribution in [1.29, 1.82) is 0 Å². The number of aryl methyl sites for hydroxylation is 1. The van der Waals surface area contributed by atoms with Crippen molar-refractivity contribution < 1.29 is 23.9 Å². The van der Waals surface area contributed by atoms with Crippen LogP contribution < -0.4 is 20.1 Å². The minimum atomic E-state index is -1.27. The number of urea groups is 1. The molecule has 2 aliphatic rings. The number of benzene rings is 2. The van der Waals surface area contributed by atoms with E-state index in [0.29, 0.717) is 23.6 Å². The SMILES string of the molecule is C[C@]1(c2ccc3c(c2)OCO3)NC(=O)N(CC(=O)NCCCc2ccccc2)C1=O. The molecule has 1 saturated heterocycles. The fourth-order valence-electron chi connectivity index (χ4n) is 3.61. The summed E-state index contributed by atoms with van der Waals surface area (Å²) in [5.41, 5.74) is 0.488. The Balaban J connectivity index is 1.34. The molecule has 0 aliphatic carbocycles. The van der Waals surface area contributed by atoms with Crippen LogP contribution in [0.5, 0.6) is 11.5 Å². The lowest BCUT2D eigenvalue weighted by Crippen LogP contribution is -2.43. The summed E-state index contributed by atoms with van der Waals surface area (Å²) in [6.07, 6.45) is 1.61. The minimum Gasteiger partial charge on any atom is -0.454 e. The minimum absolute atomic E-state index is 0.117. The second-order valence-corrected chi connectivity index (χ2v) is 7.45. The summed E-state index contributed by atoms with van der Waals surface area (Å²) in [5.74, 6) is 0.253. The zero-order valence-corrected chi connectivity index (χ0v) is 16.6. The van der Waals surface area contributed by atoms with Crippen molar-refractivity contribution in [1.82, 2.24) is 15.5 Å². The van der Waals surface area contributed by atoms with Crippen molar-refractivity contribution in [3.8, 4) is 11.5 Å². The van der Waals surface area contributed by atoms with Crippen molar-refractivity contribution in [2.75, 3.05) is 19.9 Å². The lowest BCUT2D eigenvalue weighted by atomic mass is 9.91. The predicted molar refractivity (Wildman–Crippen MR) is 108 cm³/mol. The van der Waals surface area contributed by atoms with Crippen LogP contribution in [0.1, 0.15) is 24.5 Å². The molecule has 0 spiro atoms. The number of imide groups is 1. The molecule has 156 valence electrons. The van der Waals surface area contributed by atoms with E-state index in [4.69, 9.17) is 9.47 Å². The summed E-state index contributed by atoms with van der Waals surface area (Å²) in [7, 11) is 0. The van der Waals surface area contributed by atoms with Gasteiger partial charge in [-0.05, 0) is 43.0 Å². The molecule has 1 atom stereocenters. The van der Waals surface area contributed by atoms with Gasteiger partial charge in [-0.1, -0.05) is 36.4 Å². The molecular formula is C22H23N3O5. The van der Waals surface area contributed by atoms with Crippen LogP contribution in [0.15, 0.2) is 48.5 Å². The molecule has 0 radical (unpaired) electrons. The first kappa shape index (κ1) is 19.8. The summed E-state index contributed by atoms with van der Waals surface area (Å²) in [6.45, 7) is 1.88. The molecule has 2 aromatic rings. The van der Waals surface area contributed by atoms with Crippen LogP contribution in [0.3, 0.4) is 0 Å². The van der Waals surface area contributed by atoms with Crippen LogP contribution in [0.25, 0.3) is 0 Å². The quantitative estimate of drug-likeness (QED) is 0.538. The van der Waals surface area contributed by atoms with Crippen LogP contribution >= 0.6 is 0 Å². The van der Waals surface area contributed by atoms with Gasteiger partial charge in [-0.25, -0.2) is 4.79 Å². The van der Waals surface area contributed by atoms with Gasteiger partial charge in [0.1, 0.15) is 12.1 Å². The Hall–Kier alpha value is -3.55. The van der Waals surface area contributed by atoms with Crippen molar-refractivity contribution in [2.45, 2.75) is 25.3 Å². The van der Waals surface area contributed by atoms with E-state index in [1.54, 1.807) is 25.1 Å². The van der Waals surface area contributed by atoms with E-state index in [-0.39, 0.29) is 19.2 Å². The van der Waals surface area contributed by atoms with Gasteiger partial charge in [0.05, 0.1) is 0 Å². The highest BCUT2D eigenvalue weighted by Crippen LogP contribution is 2.37. The van der Waals surface area contributed by atoms with Gasteiger partial charge in [-0.3, -0.25) is 14.5 Å². The number of amides is 4. The van der Waals surface area contributed by atoms with Crippen LogP contribution in [-0.4, -0.2) is 42.6 Å². The largest absolute Gasteiger partial charge is 0.454 e. The standard InChI is InChI=1S/C22H23N3O5/c1-22(16-9-10-17-18(12-16)30-14-29-17)20(27)25(21(28)24-22)13-19(26)23-11-5-8-15-6-3-2-4-7-15/h2-4,6-7,9-10,12H,5,8,11,13-14H2,1H3,(H,23,26)(H,24,28)/t22-/m1/s1. The molecule has 0 bridgehead atoms. The van der Waals surface area contributed by atoms with Gasteiger partial charge in [0.2, 0.25) is 12.7 Å². The normalized spacial score (nSPS) is 19.7. The highest BCUT2D eigenvalue weighted by Gasteiger charge is 2.49. The molecule has 2 aliphatic heterocycles. The molecule has 0 aromatic heterocycles. The third-order valence-corrected chi connectivity index (χ3v) is 5.33. The average molecular weight is 409 g/mol. The molecule has 30 heavy (non-hydrogen) atoms. The number of nitrogens with zero attached hydrogens (tertiary/aromatic N) is 1. The van der Waals surface area contributed by atoms with Crippen LogP contribution in [0, 0.1) is 0 Å². The Bertz CT molecular complexity index is 978. The van der Waals surface area contributed by atoms with E-state index in [1.165, 1.54) is 5.56 Å². The van der Waals surface area contributed by atoms with Crippen molar-refractivity contribution in [3.63, 3.8) is 0 Å². The number of ether oxygens (including phenoxy) is 2. The number of fused-ring (bicyclic) bond motifs is 1. The number of hydrogen-bond acceptors (Lipinski definition) is 5. The topological polar surface area (TPSA) is 97.0 Å². The Morgan fingerprint density at radius 1 is 1.13 bits per heavy atom. The average Bonchev–Trinajstić information content (AvgIpc) is 3.30. The smallest absolute Gasteiger partial charge is 0.325 e. The Kier molecular flexibility index (Phi) is 5.31. The number of hydrogen-bond donors (Lipinski definition) is 2. The Labute approximate surface area is 174 Å². The van der Waals surface area contributed by atoms with Gasteiger partial charge < -0.3 is 20.1 Å². The molecule has 4 rings (SSSR count). The van der Waals surface area contributed by atoms with Gasteiger partial charge in [-0.15, -0.1) is 0 Å². The van der Waals surface area contributed by atoms with Gasteiger partial charge in [0.25, 0.3) is 5.91 Å². The maximum absolute atomic E-state index is 13.0. The van der Waals surface area contributed by atoms with Crippen molar-refractivity contribution >= 4 is 17.8 Å². The molecule has 0 saturated carbocycles. The molecule has 0 unspecified atom stereocenters. The summed E-state index contributed by atoms with van der Waals surface area (Å²) < 4.78 is 10.6. The maximum Gasteiger partial charge on any atom is 0.325 e. The van der Waals surface area contributed by atoms with Crippen LogP contribution in [0.4, 0.5) is 4.79 Å². The summed E-state index contributed by atoms with van der Waals surface area (Å²) in [4.78, 5) is 38.6. The van der Waals surface area contributed by atoms with E-state index in [9.17, 15) is 14.4 Å². The van der Waals surface area contributed by atoms with E-state index < -0.39 is 17.5 Å². The zero-order chi connectivity index (χ0) is 21.1. The zero-order valence-electron chi connectivity index (χ0n) is 16.6. The first-order valence-electron chi connectivity index (χ1n) is 9.82. The number of nitrogens with one attached hydrogen (secondary N) is 2. The van der Waals surface area contributed by atoms with Crippen LogP contribution in [0.2, 0.25) is 0 Å². The number of rotatable bonds is 7. The van der Waals surface area contributed by atoms with Gasteiger partial charge in [0.15, 0.2) is 11.5 Å². The molecule has 2 heterocycles. The molecule has 2 N–H and O–H groups in total. The molecule has 8 heteroatoms. The van der Waals surface area contributed by atoms with E-state index in [2.05, 4.69) is 10.6 Å². The molecule has 2 aromatic carbocycles. The lowest BCUT2D eigenvalue weighted by Gasteiger charge is -2.22. The second-order valence-electron chi connectivity index (χ2n) is 7.45. The van der Waals surface area contributed by atoms with Gasteiger partial charge in [0, 0.05) is 6.54 Å². The van der Waals surface area contributed by atoms with Crippen LogP contribution in [-0.2, 0) is 21.5 Å². The first-order valence-corrected chi connectivity index (χ1v) is 9.82.